The van der Waals surface area contributed by atoms with Gasteiger partial charge >= 0.3 is 0 Å². The molecular formula is C27H32N4O2. The van der Waals surface area contributed by atoms with Crippen molar-refractivity contribution in [3.8, 4) is 0 Å². The van der Waals surface area contributed by atoms with Crippen molar-refractivity contribution in [2.75, 3.05) is 25.4 Å². The molecular weight excluding hydrogens is 412 g/mol. The number of amides is 2. The summed E-state index contributed by atoms with van der Waals surface area (Å²) in [5, 5.41) is 3.08. The zero-order valence-corrected chi connectivity index (χ0v) is 18.9. The Bertz CT molecular complexity index is 1050. The first-order chi connectivity index (χ1) is 16.0. The van der Waals surface area contributed by atoms with Gasteiger partial charge in [0.05, 0.1) is 5.41 Å². The van der Waals surface area contributed by atoms with Crippen LogP contribution in [0.2, 0.25) is 0 Å². The number of nitrogens with two attached hydrogens (primary N) is 2. The van der Waals surface area contributed by atoms with Crippen molar-refractivity contribution in [1.29, 1.82) is 0 Å². The Kier molecular flexibility index (Phi) is 6.94. The van der Waals surface area contributed by atoms with Gasteiger partial charge in [0.1, 0.15) is 0 Å². The normalized spacial score (nSPS) is 21.4. The van der Waals surface area contributed by atoms with Crippen molar-refractivity contribution in [2.45, 2.75) is 31.2 Å². The molecule has 1 heterocycles. The van der Waals surface area contributed by atoms with E-state index in [1.54, 1.807) is 24.3 Å². The van der Waals surface area contributed by atoms with Crippen LogP contribution >= 0.6 is 0 Å². The standard InChI is InChI=1S/C27H32N4O2/c28-24-9-5-4-8-23(24)27(26(29)33)14-10-22(11-15-27)25(32)30-18-20-12-16-31(17-13-20)19-21-6-2-1-3-7-21/h1-11,14,20H,12-13,15-19,28H2,(H2,29,33)(H,30,32). The predicted molar refractivity (Wildman–Crippen MR) is 131 cm³/mol. The molecule has 0 bridgehead atoms. The molecule has 6 nitrogen and oxygen atoms in total. The van der Waals surface area contributed by atoms with Crippen LogP contribution in [0.15, 0.2) is 78.4 Å². The summed E-state index contributed by atoms with van der Waals surface area (Å²) >= 11 is 0. The Balaban J connectivity index is 1.29. The van der Waals surface area contributed by atoms with Crippen LogP contribution in [0, 0.1) is 5.92 Å². The summed E-state index contributed by atoms with van der Waals surface area (Å²) < 4.78 is 0. The van der Waals surface area contributed by atoms with E-state index in [2.05, 4.69) is 34.5 Å². The van der Waals surface area contributed by atoms with Gasteiger partial charge < -0.3 is 16.8 Å². The maximum absolute atomic E-state index is 12.7. The van der Waals surface area contributed by atoms with Crippen molar-refractivity contribution < 1.29 is 9.59 Å². The molecule has 1 aliphatic carbocycles. The van der Waals surface area contributed by atoms with Crippen molar-refractivity contribution in [1.82, 2.24) is 10.2 Å². The Labute approximate surface area is 195 Å². The number of piperidine rings is 1. The summed E-state index contributed by atoms with van der Waals surface area (Å²) in [6.07, 6.45) is 7.65. The Morgan fingerprint density at radius 1 is 1.03 bits per heavy atom. The third kappa shape index (κ3) is 5.17. The molecule has 1 fully saturated rings. The number of anilines is 1. The number of primary amides is 1. The molecule has 6 heteroatoms. The van der Waals surface area contributed by atoms with Crippen LogP contribution in [0.5, 0.6) is 0 Å². The zero-order chi connectivity index (χ0) is 23.3. The first-order valence-electron chi connectivity index (χ1n) is 11.6. The topological polar surface area (TPSA) is 101 Å². The van der Waals surface area contributed by atoms with Crippen molar-refractivity contribution in [2.24, 2.45) is 11.7 Å². The highest BCUT2D eigenvalue weighted by Gasteiger charge is 2.38. The lowest BCUT2D eigenvalue weighted by Gasteiger charge is -2.32. The molecule has 33 heavy (non-hydrogen) atoms. The first-order valence-corrected chi connectivity index (χ1v) is 11.6. The van der Waals surface area contributed by atoms with Crippen LogP contribution in [-0.2, 0) is 21.5 Å². The molecule has 2 aromatic carbocycles. The SMILES string of the molecule is NC(=O)C1(c2ccccc2N)C=CC(C(=O)NCC2CCN(Cc3ccccc3)CC2)=CC1. The largest absolute Gasteiger partial charge is 0.398 e. The van der Waals surface area contributed by atoms with Gasteiger partial charge in [-0.05, 0) is 55.5 Å². The molecule has 2 aromatic rings. The molecule has 0 spiro atoms. The molecule has 2 aliphatic rings. The summed E-state index contributed by atoms with van der Waals surface area (Å²) in [4.78, 5) is 27.6. The number of nitrogens with zero attached hydrogens (tertiary/aromatic N) is 1. The highest BCUT2D eigenvalue weighted by atomic mass is 16.2. The second-order valence-corrected chi connectivity index (χ2v) is 9.03. The van der Waals surface area contributed by atoms with Crippen LogP contribution in [0.4, 0.5) is 5.69 Å². The summed E-state index contributed by atoms with van der Waals surface area (Å²) in [5.74, 6) is -0.116. The fourth-order valence-electron chi connectivity index (χ4n) is 4.76. The number of nitrogen functional groups attached to an aromatic ring is 1. The lowest BCUT2D eigenvalue weighted by atomic mass is 9.73. The maximum Gasteiger partial charge on any atom is 0.250 e. The number of para-hydroxylation sites is 1. The molecule has 0 radical (unpaired) electrons. The lowest BCUT2D eigenvalue weighted by molar-refractivity contribution is -0.122. The van der Waals surface area contributed by atoms with Crippen LogP contribution in [0.25, 0.3) is 0 Å². The van der Waals surface area contributed by atoms with E-state index in [1.807, 2.05) is 24.3 Å². The highest BCUT2D eigenvalue weighted by Crippen LogP contribution is 2.37. The van der Waals surface area contributed by atoms with Gasteiger partial charge in [0.25, 0.3) is 5.91 Å². The monoisotopic (exact) mass is 444 g/mol. The number of hydrogen-bond donors (Lipinski definition) is 3. The van der Waals surface area contributed by atoms with E-state index in [1.165, 1.54) is 5.56 Å². The van der Waals surface area contributed by atoms with E-state index in [9.17, 15) is 9.59 Å². The number of carbonyl (C=O) groups is 2. The molecule has 5 N–H and O–H groups in total. The summed E-state index contributed by atoms with van der Waals surface area (Å²) in [5.41, 5.74) is 13.9. The minimum atomic E-state index is -1.03. The average Bonchev–Trinajstić information content (AvgIpc) is 2.84. The molecule has 1 atom stereocenters. The van der Waals surface area contributed by atoms with E-state index in [0.29, 0.717) is 35.7 Å². The van der Waals surface area contributed by atoms with Gasteiger partial charge in [0.15, 0.2) is 0 Å². The smallest absolute Gasteiger partial charge is 0.250 e. The molecule has 172 valence electrons. The van der Waals surface area contributed by atoms with Gasteiger partial charge in [0.2, 0.25) is 5.91 Å². The Morgan fingerprint density at radius 3 is 2.36 bits per heavy atom. The summed E-state index contributed by atoms with van der Waals surface area (Å²) in [6, 6.07) is 17.7. The van der Waals surface area contributed by atoms with Crippen molar-refractivity contribution in [3.05, 3.63) is 89.5 Å². The van der Waals surface area contributed by atoms with Gasteiger partial charge in [-0.3, -0.25) is 14.5 Å². The van der Waals surface area contributed by atoms with E-state index in [4.69, 9.17) is 11.5 Å². The van der Waals surface area contributed by atoms with Crippen molar-refractivity contribution in [3.63, 3.8) is 0 Å². The van der Waals surface area contributed by atoms with E-state index < -0.39 is 11.3 Å². The van der Waals surface area contributed by atoms with Gasteiger partial charge in [-0.15, -0.1) is 0 Å². The number of benzene rings is 2. The van der Waals surface area contributed by atoms with Crippen LogP contribution in [0.3, 0.4) is 0 Å². The number of hydrogen-bond acceptors (Lipinski definition) is 4. The summed E-state index contributed by atoms with van der Waals surface area (Å²) in [7, 11) is 0. The van der Waals surface area contributed by atoms with Crippen LogP contribution in [-0.4, -0.2) is 36.3 Å². The van der Waals surface area contributed by atoms with Crippen LogP contribution in [0.1, 0.15) is 30.4 Å². The van der Waals surface area contributed by atoms with Gasteiger partial charge in [-0.1, -0.05) is 66.8 Å². The lowest BCUT2D eigenvalue weighted by Crippen LogP contribution is -2.42. The Hall–Kier alpha value is -3.38. The first kappa shape index (κ1) is 22.8. The quantitative estimate of drug-likeness (QED) is 0.572. The minimum Gasteiger partial charge on any atom is -0.398 e. The minimum absolute atomic E-state index is 0.114. The van der Waals surface area contributed by atoms with Gasteiger partial charge in [-0.2, -0.15) is 0 Å². The van der Waals surface area contributed by atoms with E-state index >= 15 is 0 Å². The third-order valence-corrected chi connectivity index (χ3v) is 6.84. The molecule has 0 saturated carbocycles. The summed E-state index contributed by atoms with van der Waals surface area (Å²) in [6.45, 7) is 3.72. The predicted octanol–water partition coefficient (Wildman–Crippen LogP) is 2.91. The molecule has 1 unspecified atom stereocenters. The number of likely N-dealkylation sites (tertiary alicyclic amines) is 1. The molecule has 4 rings (SSSR count). The molecule has 2 amide bonds. The number of rotatable bonds is 7. The number of nitrogens with one attached hydrogen (secondary N) is 1. The Morgan fingerprint density at radius 2 is 1.73 bits per heavy atom. The molecule has 0 aromatic heterocycles. The van der Waals surface area contributed by atoms with Gasteiger partial charge in [0, 0.05) is 24.4 Å². The van der Waals surface area contributed by atoms with E-state index in [0.717, 1.165) is 32.5 Å². The van der Waals surface area contributed by atoms with Crippen molar-refractivity contribution >= 4 is 17.5 Å². The maximum atomic E-state index is 12.7. The highest BCUT2D eigenvalue weighted by molar-refractivity contribution is 5.98. The molecule has 1 saturated heterocycles. The van der Waals surface area contributed by atoms with Crippen LogP contribution < -0.4 is 16.8 Å². The fraction of sp³-hybridized carbons (Fsp3) is 0.333. The van der Waals surface area contributed by atoms with E-state index in [-0.39, 0.29) is 5.91 Å². The van der Waals surface area contributed by atoms with Gasteiger partial charge in [-0.25, -0.2) is 0 Å². The third-order valence-electron chi connectivity index (χ3n) is 6.84. The zero-order valence-electron chi connectivity index (χ0n) is 18.9. The fourth-order valence-corrected chi connectivity index (χ4v) is 4.76. The second kappa shape index (κ2) is 10.0. The second-order valence-electron chi connectivity index (χ2n) is 9.03. The number of carbonyl (C=O) groups excluding carboxylic acids is 2. The average molecular weight is 445 g/mol. The molecule has 1 aliphatic heterocycles. The number of allylic oxidation sites excluding steroid dienone is 1.